The van der Waals surface area contributed by atoms with Crippen molar-refractivity contribution in [3.63, 3.8) is 0 Å². The number of hydrogen-bond donors (Lipinski definition) is 2. The van der Waals surface area contributed by atoms with Gasteiger partial charge in [-0.2, -0.15) is 0 Å². The average Bonchev–Trinajstić information content (AvgIpc) is 2.98. The lowest BCUT2D eigenvalue weighted by Crippen LogP contribution is -2.18. The average molecular weight is 349 g/mol. The van der Waals surface area contributed by atoms with E-state index in [1.165, 1.54) is 0 Å². The van der Waals surface area contributed by atoms with Crippen LogP contribution in [-0.4, -0.2) is 11.1 Å². The first kappa shape index (κ1) is 13.2. The second kappa shape index (κ2) is 5.30. The van der Waals surface area contributed by atoms with Gasteiger partial charge in [0.05, 0.1) is 4.91 Å². The van der Waals surface area contributed by atoms with Crippen molar-refractivity contribution in [1.82, 2.24) is 5.32 Å². The molecule has 0 saturated carbocycles. The minimum absolute atomic E-state index is 0.140. The zero-order valence-electron chi connectivity index (χ0n) is 10.1. The summed E-state index contributed by atoms with van der Waals surface area (Å²) < 4.78 is 6.71. The molecule has 0 bridgehead atoms. The quantitative estimate of drug-likeness (QED) is 0.810. The molecule has 0 aliphatic carbocycles. The number of carbonyl (C=O) groups is 1. The monoisotopic (exact) mass is 348 g/mol. The summed E-state index contributed by atoms with van der Waals surface area (Å²) in [5, 5.41) is 9.95. The molecule has 2 aromatic rings. The predicted molar refractivity (Wildman–Crippen MR) is 83.3 cm³/mol. The molecule has 3 rings (SSSR count). The van der Waals surface area contributed by atoms with Gasteiger partial charge in [-0.05, 0) is 36.0 Å². The Labute approximate surface area is 127 Å². The van der Waals surface area contributed by atoms with Gasteiger partial charge in [-0.1, -0.05) is 28.1 Å². The van der Waals surface area contributed by atoms with Crippen LogP contribution in [0.5, 0.6) is 0 Å². The van der Waals surface area contributed by atoms with E-state index in [2.05, 4.69) is 21.2 Å². The Hall–Kier alpha value is -1.79. The molecule has 1 aromatic carbocycles. The number of benzene rings is 1. The number of nitrogens with one attached hydrogen (secondary N) is 2. The van der Waals surface area contributed by atoms with Crippen molar-refractivity contribution in [2.45, 2.75) is 0 Å². The highest BCUT2D eigenvalue weighted by atomic mass is 79.9. The molecule has 0 radical (unpaired) electrons. The van der Waals surface area contributed by atoms with E-state index < -0.39 is 0 Å². The Morgan fingerprint density at radius 1 is 1.20 bits per heavy atom. The number of carbonyl (C=O) groups excluding carboxylic acids is 1. The van der Waals surface area contributed by atoms with Crippen molar-refractivity contribution in [3.05, 3.63) is 51.5 Å². The van der Waals surface area contributed by atoms with Gasteiger partial charge in [0.2, 0.25) is 0 Å². The summed E-state index contributed by atoms with van der Waals surface area (Å²) in [5.41, 5.74) is 0.967. The van der Waals surface area contributed by atoms with Crippen LogP contribution in [0.4, 0.5) is 0 Å². The number of amides is 1. The standard InChI is InChI=1S/C14H9BrN2O2S/c15-9-3-1-8(2-4-9)11-6-5-10(19-11)7-12-13(18)17-14(16)20-12/h1-7H,(H2,16,17,18)/b12-7+. The first-order chi connectivity index (χ1) is 9.61. The van der Waals surface area contributed by atoms with E-state index in [4.69, 9.17) is 9.83 Å². The molecule has 0 atom stereocenters. The summed E-state index contributed by atoms with van der Waals surface area (Å²) in [7, 11) is 0. The molecule has 1 aliphatic heterocycles. The van der Waals surface area contributed by atoms with Crippen molar-refractivity contribution in [1.29, 1.82) is 5.41 Å². The maximum atomic E-state index is 11.5. The number of rotatable bonds is 2. The van der Waals surface area contributed by atoms with Crippen molar-refractivity contribution < 1.29 is 9.21 Å². The van der Waals surface area contributed by atoms with Crippen LogP contribution in [0.25, 0.3) is 17.4 Å². The lowest BCUT2D eigenvalue weighted by atomic mass is 10.2. The second-order valence-corrected chi connectivity index (χ2v) is 6.07. The van der Waals surface area contributed by atoms with Crippen LogP contribution in [0.15, 0.2) is 50.2 Å². The number of furan rings is 1. The highest BCUT2D eigenvalue weighted by Crippen LogP contribution is 2.28. The predicted octanol–water partition coefficient (Wildman–Crippen LogP) is 3.85. The molecule has 20 heavy (non-hydrogen) atoms. The van der Waals surface area contributed by atoms with Crippen molar-refractivity contribution in [2.24, 2.45) is 0 Å². The molecule has 1 aromatic heterocycles. The van der Waals surface area contributed by atoms with E-state index in [0.29, 0.717) is 10.7 Å². The Morgan fingerprint density at radius 2 is 1.95 bits per heavy atom. The van der Waals surface area contributed by atoms with E-state index in [-0.39, 0.29) is 11.1 Å². The molecule has 1 amide bonds. The summed E-state index contributed by atoms with van der Waals surface area (Å²) in [6.07, 6.45) is 1.64. The van der Waals surface area contributed by atoms with Crippen LogP contribution in [0.3, 0.4) is 0 Å². The highest BCUT2D eigenvalue weighted by molar-refractivity contribution is 9.10. The van der Waals surface area contributed by atoms with Gasteiger partial charge in [0.25, 0.3) is 5.91 Å². The van der Waals surface area contributed by atoms with E-state index in [1.807, 2.05) is 30.3 Å². The van der Waals surface area contributed by atoms with Crippen LogP contribution < -0.4 is 5.32 Å². The molecule has 2 heterocycles. The molecular weight excluding hydrogens is 340 g/mol. The maximum absolute atomic E-state index is 11.5. The summed E-state index contributed by atoms with van der Waals surface area (Å²) in [6, 6.07) is 11.5. The number of halogens is 1. The molecular formula is C14H9BrN2O2S. The van der Waals surface area contributed by atoms with Crippen LogP contribution in [-0.2, 0) is 4.79 Å². The van der Waals surface area contributed by atoms with Gasteiger partial charge in [-0.25, -0.2) is 0 Å². The van der Waals surface area contributed by atoms with E-state index in [0.717, 1.165) is 27.6 Å². The lowest BCUT2D eigenvalue weighted by Gasteiger charge is -1.96. The van der Waals surface area contributed by atoms with Gasteiger partial charge >= 0.3 is 0 Å². The second-order valence-electron chi connectivity index (χ2n) is 4.10. The third-order valence-corrected chi connectivity index (χ3v) is 4.05. The first-order valence-corrected chi connectivity index (χ1v) is 7.38. The van der Waals surface area contributed by atoms with Crippen LogP contribution in [0.1, 0.15) is 5.76 Å². The minimum Gasteiger partial charge on any atom is -0.457 e. The SMILES string of the molecule is N=C1NC(=O)/C(=C\c2ccc(-c3ccc(Br)cc3)o2)S1. The zero-order chi connectivity index (χ0) is 14.1. The fraction of sp³-hybridized carbons (Fsp3) is 0. The maximum Gasteiger partial charge on any atom is 0.264 e. The Balaban J connectivity index is 1.87. The molecule has 6 heteroatoms. The van der Waals surface area contributed by atoms with Crippen LogP contribution >= 0.6 is 27.7 Å². The molecule has 4 nitrogen and oxygen atoms in total. The van der Waals surface area contributed by atoms with E-state index in [9.17, 15) is 4.79 Å². The topological polar surface area (TPSA) is 66.1 Å². The molecule has 1 aliphatic rings. The van der Waals surface area contributed by atoms with Crippen molar-refractivity contribution >= 4 is 44.8 Å². The summed E-state index contributed by atoms with van der Waals surface area (Å²) in [6.45, 7) is 0. The van der Waals surface area contributed by atoms with Gasteiger partial charge in [-0.15, -0.1) is 0 Å². The highest BCUT2D eigenvalue weighted by Gasteiger charge is 2.22. The van der Waals surface area contributed by atoms with Gasteiger partial charge in [0.15, 0.2) is 5.17 Å². The zero-order valence-corrected chi connectivity index (χ0v) is 12.5. The molecule has 0 spiro atoms. The molecule has 2 N–H and O–H groups in total. The van der Waals surface area contributed by atoms with Crippen LogP contribution in [0, 0.1) is 5.41 Å². The molecule has 0 unspecified atom stereocenters. The smallest absolute Gasteiger partial charge is 0.264 e. The van der Waals surface area contributed by atoms with Crippen molar-refractivity contribution in [2.75, 3.05) is 0 Å². The van der Waals surface area contributed by atoms with E-state index in [1.54, 1.807) is 12.1 Å². The third kappa shape index (κ3) is 2.71. The van der Waals surface area contributed by atoms with Crippen LogP contribution in [0.2, 0.25) is 0 Å². The van der Waals surface area contributed by atoms with Gasteiger partial charge in [-0.3, -0.25) is 10.2 Å². The Morgan fingerprint density at radius 3 is 2.60 bits per heavy atom. The Kier molecular flexibility index (Phi) is 3.50. The van der Waals surface area contributed by atoms with E-state index >= 15 is 0 Å². The van der Waals surface area contributed by atoms with Crippen molar-refractivity contribution in [3.8, 4) is 11.3 Å². The van der Waals surface area contributed by atoms with Gasteiger partial charge in [0, 0.05) is 16.1 Å². The number of thioether (sulfide) groups is 1. The molecule has 100 valence electrons. The molecule has 1 fully saturated rings. The number of hydrogen-bond acceptors (Lipinski definition) is 4. The third-order valence-electron chi connectivity index (χ3n) is 2.69. The lowest BCUT2D eigenvalue weighted by molar-refractivity contribution is -0.115. The Bertz CT molecular complexity index is 719. The van der Waals surface area contributed by atoms with Gasteiger partial charge < -0.3 is 9.73 Å². The number of amidine groups is 1. The minimum atomic E-state index is -0.262. The first-order valence-electron chi connectivity index (χ1n) is 5.77. The fourth-order valence-corrected chi connectivity index (χ4v) is 2.72. The summed E-state index contributed by atoms with van der Waals surface area (Å²) in [5.74, 6) is 1.07. The fourth-order valence-electron chi connectivity index (χ4n) is 1.77. The largest absolute Gasteiger partial charge is 0.457 e. The summed E-state index contributed by atoms with van der Waals surface area (Å²) in [4.78, 5) is 12.0. The normalized spacial score (nSPS) is 16.8. The summed E-state index contributed by atoms with van der Waals surface area (Å²) >= 11 is 4.48. The van der Waals surface area contributed by atoms with Gasteiger partial charge in [0.1, 0.15) is 11.5 Å². The molecule has 1 saturated heterocycles.